The Balaban J connectivity index is 2.76. The maximum absolute atomic E-state index is 4.02. The monoisotopic (exact) mass is 115 g/mol. The molecule has 0 unspecified atom stereocenters. The molecule has 0 saturated carbocycles. The predicted octanol–water partition coefficient (Wildman–Crippen LogP) is 0.520. The predicted molar refractivity (Wildman–Crippen MR) is 28.0 cm³/mol. The van der Waals surface area contributed by atoms with Crippen molar-refractivity contribution in [3.8, 4) is 0 Å². The summed E-state index contributed by atoms with van der Waals surface area (Å²) < 4.78 is 4.02. The molecule has 0 spiro atoms. The minimum absolute atomic E-state index is 1.00. The molecule has 0 bridgehead atoms. The number of H-pyrrole nitrogens is 1. The molecule has 1 rings (SSSR count). The molecule has 0 fully saturated rings. The molecule has 1 aromatic rings. The number of aromatic nitrogens is 2. The first-order valence-corrected chi connectivity index (χ1v) is 3.08. The maximum atomic E-state index is 4.02. The molecule has 3 heteroatoms. The number of aromatic amines is 1. The van der Waals surface area contributed by atoms with E-state index in [1.54, 1.807) is 0 Å². The van der Waals surface area contributed by atoms with Gasteiger partial charge in [0.1, 0.15) is 11.5 Å². The average molecular weight is 115 g/mol. The van der Waals surface area contributed by atoms with Crippen LogP contribution in [0.3, 0.4) is 0 Å². The van der Waals surface area contributed by atoms with Crippen LogP contribution in [0.25, 0.3) is 0 Å². The normalized spacial score (nSPS) is 9.29. The summed E-state index contributed by atoms with van der Waals surface area (Å²) in [5.41, 5.74) is 1.87. The van der Waals surface area contributed by atoms with E-state index in [0.717, 1.165) is 12.2 Å². The summed E-state index contributed by atoms with van der Waals surface area (Å²) in [6.45, 7) is 2.07. The quantitative estimate of drug-likeness (QED) is 0.524. The second kappa shape index (κ2) is 2.02. The summed E-state index contributed by atoms with van der Waals surface area (Å²) in [6.07, 6.45) is 1.00. The van der Waals surface area contributed by atoms with Crippen LogP contribution in [-0.4, -0.2) is 4.37 Å². The molecule has 0 saturated heterocycles. The Morgan fingerprint density at radius 1 is 2.00 bits per heavy atom. The molecule has 0 aromatic carbocycles. The highest BCUT2D eigenvalue weighted by Crippen LogP contribution is 1.86. The van der Waals surface area contributed by atoms with E-state index in [4.69, 9.17) is 0 Å². The van der Waals surface area contributed by atoms with Crippen LogP contribution in [0.5, 0.6) is 0 Å². The maximum Gasteiger partial charge on any atom is 0.311 e. The fourth-order valence-electron chi connectivity index (χ4n) is 0.377. The first kappa shape index (κ1) is 4.71. The fourth-order valence-corrected chi connectivity index (χ4v) is 0.928. The van der Waals surface area contributed by atoms with Crippen LogP contribution >= 0.6 is 11.5 Å². The molecular weight excluding hydrogens is 108 g/mol. The lowest BCUT2D eigenvalue weighted by molar-refractivity contribution is -0.386. The Morgan fingerprint density at radius 2 is 2.86 bits per heavy atom. The smallest absolute Gasteiger partial charge is 0.235 e. The van der Waals surface area contributed by atoms with Gasteiger partial charge in [-0.3, -0.25) is 0 Å². The Bertz CT molecular complexity index is 124. The van der Waals surface area contributed by atoms with Crippen molar-refractivity contribution < 1.29 is 4.98 Å². The van der Waals surface area contributed by atoms with Gasteiger partial charge in [0.2, 0.25) is 0 Å². The molecule has 38 valence electrons. The molecule has 0 radical (unpaired) electrons. The SMILES string of the molecule is CCc1nsc[nH+]1. The third-order valence-electron chi connectivity index (χ3n) is 0.776. The minimum Gasteiger partial charge on any atom is -0.235 e. The summed E-state index contributed by atoms with van der Waals surface area (Å²) in [5, 5.41) is 0. The Morgan fingerprint density at radius 3 is 3.14 bits per heavy atom. The van der Waals surface area contributed by atoms with Gasteiger partial charge in [-0.25, -0.2) is 4.98 Å². The molecule has 1 N–H and O–H groups in total. The van der Waals surface area contributed by atoms with E-state index in [1.165, 1.54) is 11.5 Å². The zero-order valence-electron chi connectivity index (χ0n) is 4.14. The molecule has 0 atom stereocenters. The van der Waals surface area contributed by atoms with Crippen molar-refractivity contribution in [1.29, 1.82) is 0 Å². The van der Waals surface area contributed by atoms with Gasteiger partial charge in [0.25, 0.3) is 0 Å². The summed E-state index contributed by atoms with van der Waals surface area (Å²) in [5.74, 6) is 1.07. The third kappa shape index (κ3) is 0.962. The van der Waals surface area contributed by atoms with Crippen LogP contribution in [0.1, 0.15) is 12.7 Å². The minimum atomic E-state index is 1.00. The lowest BCUT2D eigenvalue weighted by Gasteiger charge is -1.65. The first-order valence-electron chi connectivity index (χ1n) is 2.24. The van der Waals surface area contributed by atoms with E-state index in [9.17, 15) is 0 Å². The number of aryl methyl sites for hydroxylation is 1. The van der Waals surface area contributed by atoms with Gasteiger partial charge >= 0.3 is 5.82 Å². The van der Waals surface area contributed by atoms with Crippen molar-refractivity contribution in [2.45, 2.75) is 13.3 Å². The Kier molecular flexibility index (Phi) is 1.36. The number of nitrogens with one attached hydrogen (secondary N) is 1. The van der Waals surface area contributed by atoms with Gasteiger partial charge in [-0.05, 0) is 0 Å². The van der Waals surface area contributed by atoms with E-state index < -0.39 is 0 Å². The standard InChI is InChI=1S/C4H6N2S/c1-2-4-5-3-7-6-4/h3H,2H2,1H3/p+1. The number of nitrogens with zero attached hydrogens (tertiary/aromatic N) is 1. The van der Waals surface area contributed by atoms with Crippen molar-refractivity contribution in [3.05, 3.63) is 11.3 Å². The lowest BCUT2D eigenvalue weighted by atomic mass is 10.5. The van der Waals surface area contributed by atoms with Gasteiger partial charge < -0.3 is 0 Å². The highest BCUT2D eigenvalue weighted by Gasteiger charge is 1.97. The van der Waals surface area contributed by atoms with Crippen LogP contribution in [0, 0.1) is 0 Å². The van der Waals surface area contributed by atoms with Crippen LogP contribution < -0.4 is 4.98 Å². The summed E-state index contributed by atoms with van der Waals surface area (Å²) in [4.78, 5) is 2.99. The molecule has 0 aliphatic heterocycles. The number of hydrogen-bond acceptors (Lipinski definition) is 2. The highest BCUT2D eigenvalue weighted by atomic mass is 32.1. The van der Waals surface area contributed by atoms with Gasteiger partial charge in [-0.15, -0.1) is 0 Å². The van der Waals surface area contributed by atoms with E-state index >= 15 is 0 Å². The summed E-state index contributed by atoms with van der Waals surface area (Å²) >= 11 is 1.46. The van der Waals surface area contributed by atoms with Crippen LogP contribution in [0.2, 0.25) is 0 Å². The van der Waals surface area contributed by atoms with E-state index in [0.29, 0.717) is 0 Å². The van der Waals surface area contributed by atoms with E-state index in [-0.39, 0.29) is 0 Å². The Labute approximate surface area is 46.4 Å². The van der Waals surface area contributed by atoms with Crippen LogP contribution in [0.15, 0.2) is 5.51 Å². The van der Waals surface area contributed by atoms with Gasteiger partial charge in [0.05, 0.1) is 6.42 Å². The van der Waals surface area contributed by atoms with Gasteiger partial charge in [-0.1, -0.05) is 6.92 Å². The molecule has 1 heterocycles. The van der Waals surface area contributed by atoms with Crippen LogP contribution in [0.4, 0.5) is 0 Å². The number of rotatable bonds is 1. The molecule has 0 aliphatic carbocycles. The first-order chi connectivity index (χ1) is 3.43. The van der Waals surface area contributed by atoms with E-state index in [1.807, 2.05) is 5.51 Å². The van der Waals surface area contributed by atoms with Gasteiger partial charge in [0, 0.05) is 4.37 Å². The topological polar surface area (TPSA) is 27.0 Å². The van der Waals surface area contributed by atoms with E-state index in [2.05, 4.69) is 16.3 Å². The zero-order valence-corrected chi connectivity index (χ0v) is 4.96. The third-order valence-corrected chi connectivity index (χ3v) is 1.33. The largest absolute Gasteiger partial charge is 0.311 e. The summed E-state index contributed by atoms with van der Waals surface area (Å²) in [6, 6.07) is 0. The molecule has 0 amide bonds. The summed E-state index contributed by atoms with van der Waals surface area (Å²) in [7, 11) is 0. The zero-order chi connectivity index (χ0) is 5.11. The second-order valence-corrected chi connectivity index (χ2v) is 1.89. The Hall–Kier alpha value is -0.440. The van der Waals surface area contributed by atoms with Crippen LogP contribution in [-0.2, 0) is 6.42 Å². The van der Waals surface area contributed by atoms with Gasteiger partial charge in [0.15, 0.2) is 5.51 Å². The van der Waals surface area contributed by atoms with Crippen molar-refractivity contribution in [3.63, 3.8) is 0 Å². The highest BCUT2D eigenvalue weighted by molar-refractivity contribution is 7.02. The lowest BCUT2D eigenvalue weighted by Crippen LogP contribution is -2.02. The molecular formula is C4H7N2S+. The van der Waals surface area contributed by atoms with Crippen molar-refractivity contribution in [2.24, 2.45) is 0 Å². The second-order valence-electron chi connectivity index (χ2n) is 1.26. The molecule has 7 heavy (non-hydrogen) atoms. The average Bonchev–Trinajstić information content (AvgIpc) is 2.14. The van der Waals surface area contributed by atoms with Crippen molar-refractivity contribution in [1.82, 2.24) is 4.37 Å². The van der Waals surface area contributed by atoms with Crippen molar-refractivity contribution >= 4 is 11.5 Å². The molecule has 0 aliphatic rings. The molecule has 1 aromatic heterocycles. The number of hydrogen-bond donors (Lipinski definition) is 0. The van der Waals surface area contributed by atoms with Gasteiger partial charge in [-0.2, -0.15) is 0 Å². The fraction of sp³-hybridized carbons (Fsp3) is 0.500. The van der Waals surface area contributed by atoms with Crippen molar-refractivity contribution in [2.75, 3.05) is 0 Å². The molecule has 2 nitrogen and oxygen atoms in total.